The van der Waals surface area contributed by atoms with Crippen LogP contribution in [0.2, 0.25) is 0 Å². The van der Waals surface area contributed by atoms with Gasteiger partial charge >= 0.3 is 5.97 Å². The van der Waals surface area contributed by atoms with Gasteiger partial charge in [0.1, 0.15) is 0 Å². The van der Waals surface area contributed by atoms with Gasteiger partial charge in [-0.15, -0.1) is 0 Å². The second-order valence-corrected chi connectivity index (χ2v) is 3.36. The zero-order valence-electron chi connectivity index (χ0n) is 8.96. The molecule has 1 N–H and O–H groups in total. The molecule has 0 radical (unpaired) electrons. The number of hydrogen-bond donors (Lipinski definition) is 1. The second-order valence-electron chi connectivity index (χ2n) is 3.36. The van der Waals surface area contributed by atoms with Crippen molar-refractivity contribution in [2.24, 2.45) is 0 Å². The summed E-state index contributed by atoms with van der Waals surface area (Å²) >= 11 is 0. The minimum Gasteiger partial charge on any atom is -0.478 e. The van der Waals surface area contributed by atoms with Gasteiger partial charge in [0.2, 0.25) is 0 Å². The van der Waals surface area contributed by atoms with Crippen LogP contribution < -0.4 is 0 Å². The summed E-state index contributed by atoms with van der Waals surface area (Å²) in [6, 6.07) is 0.775. The van der Waals surface area contributed by atoms with Crippen LogP contribution >= 0.6 is 0 Å². The molecule has 0 saturated carbocycles. The number of carbonyl (C=O) groups is 1. The zero-order valence-corrected chi connectivity index (χ0v) is 8.96. The SMILES string of the molecule is Cc1c([N+](=O)[O-])cc([N+](=O)[O-])c(C)c1C(=O)O. The summed E-state index contributed by atoms with van der Waals surface area (Å²) in [5, 5.41) is 30.3. The molecule has 0 bridgehead atoms. The highest BCUT2D eigenvalue weighted by atomic mass is 16.6. The van der Waals surface area contributed by atoms with Crippen LogP contribution in [0.4, 0.5) is 11.4 Å². The molecule has 0 atom stereocenters. The Morgan fingerprint density at radius 2 is 1.47 bits per heavy atom. The molecule has 0 spiro atoms. The largest absolute Gasteiger partial charge is 0.478 e. The Kier molecular flexibility index (Phi) is 3.07. The van der Waals surface area contributed by atoms with Gasteiger partial charge in [0.15, 0.2) is 0 Å². The minimum atomic E-state index is -1.42. The van der Waals surface area contributed by atoms with Crippen molar-refractivity contribution in [2.45, 2.75) is 13.8 Å². The van der Waals surface area contributed by atoms with Crippen molar-refractivity contribution in [2.75, 3.05) is 0 Å². The van der Waals surface area contributed by atoms with E-state index in [9.17, 15) is 25.0 Å². The van der Waals surface area contributed by atoms with Crippen LogP contribution in [0.15, 0.2) is 6.07 Å². The molecule has 1 aromatic carbocycles. The molecule has 90 valence electrons. The first-order valence-electron chi connectivity index (χ1n) is 4.43. The third-order valence-electron chi connectivity index (χ3n) is 2.40. The molecule has 1 rings (SSSR count). The smallest absolute Gasteiger partial charge is 0.336 e. The Balaban J connectivity index is 3.76. The minimum absolute atomic E-state index is 0.0920. The van der Waals surface area contributed by atoms with E-state index in [1.165, 1.54) is 13.8 Å². The topological polar surface area (TPSA) is 124 Å². The quantitative estimate of drug-likeness (QED) is 0.634. The number of benzene rings is 1. The Hall–Kier alpha value is -2.51. The third-order valence-corrected chi connectivity index (χ3v) is 2.40. The molecule has 0 unspecified atom stereocenters. The van der Waals surface area contributed by atoms with Gasteiger partial charge in [0.05, 0.1) is 21.5 Å². The van der Waals surface area contributed by atoms with Crippen molar-refractivity contribution >= 4 is 17.3 Å². The highest BCUT2D eigenvalue weighted by molar-refractivity contribution is 5.93. The molecule has 8 nitrogen and oxygen atoms in total. The van der Waals surface area contributed by atoms with E-state index in [1.54, 1.807) is 0 Å². The predicted molar refractivity (Wildman–Crippen MR) is 56.2 cm³/mol. The number of aromatic carboxylic acids is 1. The lowest BCUT2D eigenvalue weighted by Gasteiger charge is -2.06. The molecule has 0 fully saturated rings. The highest BCUT2D eigenvalue weighted by Crippen LogP contribution is 2.32. The van der Waals surface area contributed by atoms with Crippen molar-refractivity contribution in [3.05, 3.63) is 43.0 Å². The van der Waals surface area contributed by atoms with E-state index in [4.69, 9.17) is 5.11 Å². The molecule has 0 aliphatic heterocycles. The van der Waals surface area contributed by atoms with Crippen LogP contribution in [-0.2, 0) is 0 Å². The second kappa shape index (κ2) is 4.16. The van der Waals surface area contributed by atoms with Crippen molar-refractivity contribution in [3.63, 3.8) is 0 Å². The van der Waals surface area contributed by atoms with Gasteiger partial charge in [0, 0.05) is 11.1 Å². The Bertz CT molecular complexity index is 499. The molecule has 0 saturated heterocycles. The normalized spacial score (nSPS) is 10.0. The molecule has 8 heteroatoms. The number of hydrogen-bond acceptors (Lipinski definition) is 5. The summed E-state index contributed by atoms with van der Waals surface area (Å²) in [7, 11) is 0. The summed E-state index contributed by atoms with van der Waals surface area (Å²) in [5.41, 5.74) is -1.72. The van der Waals surface area contributed by atoms with E-state index in [0.29, 0.717) is 0 Å². The number of carboxylic acid groups (broad SMARTS) is 1. The lowest BCUT2D eigenvalue weighted by molar-refractivity contribution is -0.394. The first-order valence-corrected chi connectivity index (χ1v) is 4.43. The van der Waals surface area contributed by atoms with Gasteiger partial charge in [-0.05, 0) is 13.8 Å². The molecule has 0 aromatic heterocycles. The van der Waals surface area contributed by atoms with Gasteiger partial charge in [-0.25, -0.2) is 4.79 Å². The van der Waals surface area contributed by atoms with Crippen molar-refractivity contribution in [3.8, 4) is 0 Å². The van der Waals surface area contributed by atoms with Gasteiger partial charge in [-0.2, -0.15) is 0 Å². The number of nitrogens with zero attached hydrogens (tertiary/aromatic N) is 2. The van der Waals surface area contributed by atoms with E-state index in [0.717, 1.165) is 6.07 Å². The molecule has 0 aliphatic rings. The summed E-state index contributed by atoms with van der Waals surface area (Å²) in [5.74, 6) is -1.42. The zero-order chi connectivity index (χ0) is 13.3. The van der Waals surface area contributed by atoms with E-state index in [2.05, 4.69) is 0 Å². The van der Waals surface area contributed by atoms with Gasteiger partial charge in [-0.3, -0.25) is 20.2 Å². The summed E-state index contributed by atoms with van der Waals surface area (Å²) in [6.07, 6.45) is 0. The monoisotopic (exact) mass is 240 g/mol. The van der Waals surface area contributed by atoms with Crippen LogP contribution in [0.3, 0.4) is 0 Å². The third kappa shape index (κ3) is 2.05. The molecular formula is C9H8N2O6. The molecule has 0 amide bonds. The summed E-state index contributed by atoms with van der Waals surface area (Å²) in [4.78, 5) is 30.6. The average molecular weight is 240 g/mol. The van der Waals surface area contributed by atoms with E-state index >= 15 is 0 Å². The number of rotatable bonds is 3. The lowest BCUT2D eigenvalue weighted by Crippen LogP contribution is -2.08. The fourth-order valence-electron chi connectivity index (χ4n) is 1.58. The van der Waals surface area contributed by atoms with Crippen LogP contribution in [0.25, 0.3) is 0 Å². The average Bonchev–Trinajstić information content (AvgIpc) is 2.15. The Morgan fingerprint density at radius 1 is 1.12 bits per heavy atom. The molecular weight excluding hydrogens is 232 g/mol. The number of carboxylic acids is 1. The highest BCUT2D eigenvalue weighted by Gasteiger charge is 2.28. The van der Waals surface area contributed by atoms with Crippen LogP contribution in [0.1, 0.15) is 21.5 Å². The van der Waals surface area contributed by atoms with Crippen molar-refractivity contribution in [1.82, 2.24) is 0 Å². The van der Waals surface area contributed by atoms with E-state index in [-0.39, 0.29) is 11.1 Å². The maximum Gasteiger partial charge on any atom is 0.336 e. The Morgan fingerprint density at radius 3 is 1.71 bits per heavy atom. The summed E-state index contributed by atoms with van der Waals surface area (Å²) < 4.78 is 0. The van der Waals surface area contributed by atoms with Crippen molar-refractivity contribution in [1.29, 1.82) is 0 Å². The molecule has 0 heterocycles. The maximum absolute atomic E-state index is 10.9. The standard InChI is InChI=1S/C9H8N2O6/c1-4-6(10(14)15)3-7(11(16)17)5(2)8(4)9(12)13/h3H,1-2H3,(H,12,13). The van der Waals surface area contributed by atoms with Gasteiger partial charge in [-0.1, -0.05) is 0 Å². The summed E-state index contributed by atoms with van der Waals surface area (Å²) in [6.45, 7) is 2.50. The molecule has 1 aromatic rings. The first-order chi connectivity index (χ1) is 7.77. The van der Waals surface area contributed by atoms with E-state index < -0.39 is 32.8 Å². The first kappa shape index (κ1) is 12.6. The van der Waals surface area contributed by atoms with Crippen LogP contribution in [0, 0.1) is 34.1 Å². The molecule has 17 heavy (non-hydrogen) atoms. The fraction of sp³-hybridized carbons (Fsp3) is 0.222. The van der Waals surface area contributed by atoms with E-state index in [1.807, 2.05) is 0 Å². The maximum atomic E-state index is 10.9. The fourth-order valence-corrected chi connectivity index (χ4v) is 1.58. The number of nitro groups is 2. The van der Waals surface area contributed by atoms with Gasteiger partial charge < -0.3 is 5.11 Å². The van der Waals surface area contributed by atoms with Crippen LogP contribution in [-0.4, -0.2) is 20.9 Å². The lowest BCUT2D eigenvalue weighted by atomic mass is 9.99. The molecule has 0 aliphatic carbocycles. The number of nitro benzene ring substituents is 2. The van der Waals surface area contributed by atoms with Crippen molar-refractivity contribution < 1.29 is 19.7 Å². The Labute approximate surface area is 94.8 Å². The van der Waals surface area contributed by atoms with Crippen LogP contribution in [0.5, 0.6) is 0 Å². The van der Waals surface area contributed by atoms with Gasteiger partial charge in [0.25, 0.3) is 11.4 Å². The predicted octanol–water partition coefficient (Wildman–Crippen LogP) is 1.82.